The van der Waals surface area contributed by atoms with E-state index in [9.17, 15) is 4.39 Å². The number of hydrogen-bond acceptors (Lipinski definition) is 0. The fourth-order valence-electron chi connectivity index (χ4n) is 1.32. The van der Waals surface area contributed by atoms with E-state index in [1.165, 1.54) is 6.07 Å². The van der Waals surface area contributed by atoms with Gasteiger partial charge in [0.1, 0.15) is 5.82 Å². The van der Waals surface area contributed by atoms with E-state index < -0.39 is 0 Å². The Bertz CT molecular complexity index is 342. The molecule has 0 saturated heterocycles. The number of rotatable bonds is 4. The number of halogens is 4. The summed E-state index contributed by atoms with van der Waals surface area (Å²) in [6.45, 7) is 2.12. The van der Waals surface area contributed by atoms with Gasteiger partial charge in [0.15, 0.2) is 0 Å². The average Bonchev–Trinajstić information content (AvgIpc) is 2.20. The first kappa shape index (κ1) is 13.5. The zero-order chi connectivity index (χ0) is 11.4. The Morgan fingerprint density at radius 2 is 2.13 bits per heavy atom. The van der Waals surface area contributed by atoms with Gasteiger partial charge in [-0.05, 0) is 34.5 Å². The standard InChI is InChI=1S/C11H12Br2ClF/c1-2-3-4-8(12)7-5-10(14)9(13)6-11(7)15/h5-6,8H,2-4H2,1H3. The third-order valence-electron chi connectivity index (χ3n) is 2.19. The van der Waals surface area contributed by atoms with E-state index >= 15 is 0 Å². The lowest BCUT2D eigenvalue weighted by Crippen LogP contribution is -1.95. The summed E-state index contributed by atoms with van der Waals surface area (Å²) in [4.78, 5) is 0.0445. The maximum absolute atomic E-state index is 13.6. The highest BCUT2D eigenvalue weighted by molar-refractivity contribution is 9.10. The van der Waals surface area contributed by atoms with E-state index in [0.717, 1.165) is 19.3 Å². The molecule has 0 bridgehead atoms. The van der Waals surface area contributed by atoms with Gasteiger partial charge in [0, 0.05) is 14.9 Å². The van der Waals surface area contributed by atoms with Crippen LogP contribution in [0.2, 0.25) is 5.02 Å². The molecule has 1 aromatic rings. The monoisotopic (exact) mass is 356 g/mol. The molecule has 0 aromatic heterocycles. The van der Waals surface area contributed by atoms with Crippen LogP contribution in [-0.4, -0.2) is 0 Å². The predicted molar refractivity (Wildman–Crippen MR) is 70.3 cm³/mol. The Hall–Kier alpha value is 0.400. The lowest BCUT2D eigenvalue weighted by molar-refractivity contribution is 0.596. The highest BCUT2D eigenvalue weighted by Crippen LogP contribution is 2.34. The van der Waals surface area contributed by atoms with Crippen LogP contribution >= 0.6 is 43.5 Å². The smallest absolute Gasteiger partial charge is 0.128 e. The molecule has 0 nitrogen and oxygen atoms in total. The van der Waals surface area contributed by atoms with Crippen molar-refractivity contribution >= 4 is 43.5 Å². The molecule has 0 saturated carbocycles. The quantitative estimate of drug-likeness (QED) is 0.466. The molecule has 1 rings (SSSR count). The minimum atomic E-state index is -0.218. The Labute approximate surface area is 111 Å². The van der Waals surface area contributed by atoms with Gasteiger partial charge >= 0.3 is 0 Å². The summed E-state index contributed by atoms with van der Waals surface area (Å²) in [5.41, 5.74) is 0.636. The molecule has 1 atom stereocenters. The summed E-state index contributed by atoms with van der Waals surface area (Å²) < 4.78 is 14.2. The molecule has 1 aromatic carbocycles. The first-order valence-corrected chi connectivity index (χ1v) is 6.93. The van der Waals surface area contributed by atoms with Crippen molar-refractivity contribution in [3.63, 3.8) is 0 Å². The summed E-state index contributed by atoms with van der Waals surface area (Å²) in [5, 5.41) is 0.548. The second-order valence-corrected chi connectivity index (χ2v) is 5.76. The summed E-state index contributed by atoms with van der Waals surface area (Å²) in [6.07, 6.45) is 3.10. The fourth-order valence-corrected chi connectivity index (χ4v) is 2.48. The SMILES string of the molecule is CCCCC(Br)c1cc(Cl)c(Br)cc1F. The van der Waals surface area contributed by atoms with Crippen LogP contribution in [0, 0.1) is 5.82 Å². The van der Waals surface area contributed by atoms with Crippen LogP contribution in [0.25, 0.3) is 0 Å². The van der Waals surface area contributed by atoms with E-state index in [-0.39, 0.29) is 10.6 Å². The molecule has 15 heavy (non-hydrogen) atoms. The summed E-state index contributed by atoms with van der Waals surface area (Å²) in [5.74, 6) is -0.218. The molecule has 0 aliphatic carbocycles. The zero-order valence-corrected chi connectivity index (χ0v) is 12.3. The van der Waals surface area contributed by atoms with E-state index in [4.69, 9.17) is 11.6 Å². The molecular formula is C11H12Br2ClF. The van der Waals surface area contributed by atoms with Crippen LogP contribution in [0.4, 0.5) is 4.39 Å². The molecule has 0 radical (unpaired) electrons. The van der Waals surface area contributed by atoms with Gasteiger partial charge in [-0.3, -0.25) is 0 Å². The van der Waals surface area contributed by atoms with Crippen LogP contribution in [0.5, 0.6) is 0 Å². The van der Waals surface area contributed by atoms with E-state index in [0.29, 0.717) is 15.1 Å². The highest BCUT2D eigenvalue weighted by Gasteiger charge is 2.14. The molecule has 0 amide bonds. The molecule has 84 valence electrons. The summed E-state index contributed by atoms with van der Waals surface area (Å²) in [7, 11) is 0. The van der Waals surface area contributed by atoms with Crippen molar-refractivity contribution in [1.29, 1.82) is 0 Å². The molecule has 1 unspecified atom stereocenters. The fraction of sp³-hybridized carbons (Fsp3) is 0.455. The molecule has 0 fully saturated rings. The van der Waals surface area contributed by atoms with Gasteiger partial charge in [-0.25, -0.2) is 4.39 Å². The summed E-state index contributed by atoms with van der Waals surface area (Å²) >= 11 is 12.6. The van der Waals surface area contributed by atoms with Crippen molar-refractivity contribution < 1.29 is 4.39 Å². The molecule has 0 heterocycles. The molecule has 0 aliphatic rings. The van der Waals surface area contributed by atoms with Crippen LogP contribution < -0.4 is 0 Å². The van der Waals surface area contributed by atoms with E-state index in [1.807, 2.05) is 0 Å². The lowest BCUT2D eigenvalue weighted by Gasteiger charge is -2.11. The summed E-state index contributed by atoms with van der Waals surface area (Å²) in [6, 6.07) is 3.09. The van der Waals surface area contributed by atoms with Gasteiger partial charge in [0.2, 0.25) is 0 Å². The first-order valence-electron chi connectivity index (χ1n) is 4.84. The molecule has 4 heteroatoms. The van der Waals surface area contributed by atoms with Gasteiger partial charge < -0.3 is 0 Å². The minimum Gasteiger partial charge on any atom is -0.207 e. The topological polar surface area (TPSA) is 0 Å². The maximum Gasteiger partial charge on any atom is 0.128 e. The number of unbranched alkanes of at least 4 members (excludes halogenated alkanes) is 1. The van der Waals surface area contributed by atoms with Crippen molar-refractivity contribution in [1.82, 2.24) is 0 Å². The van der Waals surface area contributed by atoms with Gasteiger partial charge in [0.25, 0.3) is 0 Å². The van der Waals surface area contributed by atoms with Crippen molar-refractivity contribution in [2.75, 3.05) is 0 Å². The van der Waals surface area contributed by atoms with E-state index in [1.54, 1.807) is 6.07 Å². The van der Waals surface area contributed by atoms with Gasteiger partial charge in [0.05, 0.1) is 5.02 Å². The Morgan fingerprint density at radius 1 is 1.47 bits per heavy atom. The lowest BCUT2D eigenvalue weighted by atomic mass is 10.1. The van der Waals surface area contributed by atoms with Gasteiger partial charge in [-0.1, -0.05) is 47.3 Å². The third-order valence-corrected chi connectivity index (χ3v) is 4.34. The van der Waals surface area contributed by atoms with Gasteiger partial charge in [-0.15, -0.1) is 0 Å². The van der Waals surface area contributed by atoms with Crippen LogP contribution in [0.3, 0.4) is 0 Å². The zero-order valence-electron chi connectivity index (χ0n) is 8.37. The Kier molecular flexibility index (Phi) is 5.58. The average molecular weight is 358 g/mol. The number of hydrogen-bond donors (Lipinski definition) is 0. The maximum atomic E-state index is 13.6. The molecule has 0 spiro atoms. The third kappa shape index (κ3) is 3.72. The van der Waals surface area contributed by atoms with Crippen molar-refractivity contribution in [3.05, 3.63) is 33.0 Å². The van der Waals surface area contributed by atoms with Gasteiger partial charge in [-0.2, -0.15) is 0 Å². The van der Waals surface area contributed by atoms with Crippen LogP contribution in [0.1, 0.15) is 36.6 Å². The highest BCUT2D eigenvalue weighted by atomic mass is 79.9. The number of alkyl halides is 1. The minimum absolute atomic E-state index is 0.0445. The second kappa shape index (κ2) is 6.21. The van der Waals surface area contributed by atoms with Crippen LogP contribution in [-0.2, 0) is 0 Å². The number of benzene rings is 1. The Morgan fingerprint density at radius 3 is 2.73 bits per heavy atom. The Balaban J connectivity index is 2.88. The molecule has 0 N–H and O–H groups in total. The second-order valence-electron chi connectivity index (χ2n) is 3.40. The first-order chi connectivity index (χ1) is 7.06. The van der Waals surface area contributed by atoms with Crippen LogP contribution in [0.15, 0.2) is 16.6 Å². The van der Waals surface area contributed by atoms with Crippen molar-refractivity contribution in [2.45, 2.75) is 31.0 Å². The van der Waals surface area contributed by atoms with E-state index in [2.05, 4.69) is 38.8 Å². The predicted octanol–water partition coefficient (Wildman–Crippen LogP) is 5.87. The normalized spacial score (nSPS) is 12.9. The largest absolute Gasteiger partial charge is 0.207 e. The van der Waals surface area contributed by atoms with Crippen molar-refractivity contribution in [3.8, 4) is 0 Å². The molecule has 0 aliphatic heterocycles. The molecular weight excluding hydrogens is 346 g/mol. The van der Waals surface area contributed by atoms with Crippen molar-refractivity contribution in [2.24, 2.45) is 0 Å².